The molecule has 0 bridgehead atoms. The standard InChI is InChI=1S/C13H15N3O4S2/c1-3-22(19,20)13-8-7-12(14-15-13)10-5-4-6-11(9-10)16-21(2,17)18/h4-9,16H,3H2,1-2H3. The van der Waals surface area contributed by atoms with E-state index in [0.717, 1.165) is 6.26 Å². The van der Waals surface area contributed by atoms with Crippen LogP contribution in [0.1, 0.15) is 6.92 Å². The zero-order valence-electron chi connectivity index (χ0n) is 12.0. The van der Waals surface area contributed by atoms with E-state index in [0.29, 0.717) is 16.9 Å². The summed E-state index contributed by atoms with van der Waals surface area (Å²) >= 11 is 0. The average Bonchev–Trinajstić information content (AvgIpc) is 2.46. The molecule has 22 heavy (non-hydrogen) atoms. The topological polar surface area (TPSA) is 106 Å². The quantitative estimate of drug-likeness (QED) is 0.879. The van der Waals surface area contributed by atoms with Crippen LogP contribution in [0.25, 0.3) is 11.3 Å². The fourth-order valence-corrected chi connectivity index (χ4v) is 3.04. The number of sulfone groups is 1. The van der Waals surface area contributed by atoms with Crippen LogP contribution >= 0.6 is 0 Å². The first kappa shape index (κ1) is 16.4. The number of aromatic nitrogens is 2. The first-order chi connectivity index (χ1) is 10.2. The zero-order valence-corrected chi connectivity index (χ0v) is 13.6. The van der Waals surface area contributed by atoms with Crippen molar-refractivity contribution in [1.82, 2.24) is 10.2 Å². The number of hydrogen-bond acceptors (Lipinski definition) is 6. The van der Waals surface area contributed by atoms with Gasteiger partial charge in [-0.1, -0.05) is 19.1 Å². The molecule has 1 N–H and O–H groups in total. The molecule has 0 unspecified atom stereocenters. The largest absolute Gasteiger partial charge is 0.284 e. The first-order valence-corrected chi connectivity index (χ1v) is 9.90. The maximum atomic E-state index is 11.7. The van der Waals surface area contributed by atoms with Gasteiger partial charge in [0.25, 0.3) is 0 Å². The van der Waals surface area contributed by atoms with Crippen LogP contribution < -0.4 is 4.72 Å². The molecule has 118 valence electrons. The van der Waals surface area contributed by atoms with Crippen molar-refractivity contribution in [2.45, 2.75) is 11.9 Å². The Balaban J connectivity index is 2.35. The van der Waals surface area contributed by atoms with Gasteiger partial charge in [-0.15, -0.1) is 10.2 Å². The second-order valence-corrected chi connectivity index (χ2v) is 8.59. The van der Waals surface area contributed by atoms with Gasteiger partial charge in [-0.3, -0.25) is 4.72 Å². The molecule has 0 saturated heterocycles. The third-order valence-corrected chi connectivity index (χ3v) is 5.02. The molecule has 0 aliphatic rings. The summed E-state index contributed by atoms with van der Waals surface area (Å²) in [6.07, 6.45) is 1.06. The summed E-state index contributed by atoms with van der Waals surface area (Å²) in [6, 6.07) is 9.52. The van der Waals surface area contributed by atoms with Gasteiger partial charge in [0.1, 0.15) is 0 Å². The molecule has 0 aliphatic heterocycles. The van der Waals surface area contributed by atoms with Crippen LogP contribution in [0.15, 0.2) is 41.4 Å². The lowest BCUT2D eigenvalue weighted by Gasteiger charge is -2.06. The minimum atomic E-state index is -3.39. The SMILES string of the molecule is CCS(=O)(=O)c1ccc(-c2cccc(NS(C)(=O)=O)c2)nn1. The van der Waals surface area contributed by atoms with Crippen molar-refractivity contribution < 1.29 is 16.8 Å². The molecule has 0 spiro atoms. The fourth-order valence-electron chi connectivity index (χ4n) is 1.74. The van der Waals surface area contributed by atoms with E-state index in [-0.39, 0.29) is 10.8 Å². The van der Waals surface area contributed by atoms with Gasteiger partial charge in [0.15, 0.2) is 14.9 Å². The molecule has 9 heteroatoms. The average molecular weight is 341 g/mol. The van der Waals surface area contributed by atoms with Gasteiger partial charge in [0.05, 0.1) is 17.7 Å². The lowest BCUT2D eigenvalue weighted by atomic mass is 10.1. The summed E-state index contributed by atoms with van der Waals surface area (Å²) in [5.74, 6) is -0.0468. The van der Waals surface area contributed by atoms with Crippen LogP contribution in [0.5, 0.6) is 0 Å². The van der Waals surface area contributed by atoms with Crippen molar-refractivity contribution in [2.75, 3.05) is 16.7 Å². The number of benzene rings is 1. The molecule has 0 aliphatic carbocycles. The molecule has 0 atom stereocenters. The normalized spacial score (nSPS) is 12.1. The smallest absolute Gasteiger partial charge is 0.229 e. The minimum Gasteiger partial charge on any atom is -0.284 e. The van der Waals surface area contributed by atoms with E-state index >= 15 is 0 Å². The van der Waals surface area contributed by atoms with Crippen molar-refractivity contribution in [3.8, 4) is 11.3 Å². The van der Waals surface area contributed by atoms with Gasteiger partial charge < -0.3 is 0 Å². The molecular weight excluding hydrogens is 326 g/mol. The lowest BCUT2D eigenvalue weighted by molar-refractivity contribution is 0.591. The van der Waals surface area contributed by atoms with Crippen molar-refractivity contribution in [3.63, 3.8) is 0 Å². The molecule has 0 fully saturated rings. The molecular formula is C13H15N3O4S2. The second kappa shape index (κ2) is 6.01. The van der Waals surface area contributed by atoms with E-state index in [1.807, 2.05) is 0 Å². The molecule has 0 saturated carbocycles. The highest BCUT2D eigenvalue weighted by Gasteiger charge is 2.14. The van der Waals surface area contributed by atoms with Crippen LogP contribution in [-0.2, 0) is 19.9 Å². The Labute approximate surface area is 129 Å². The van der Waals surface area contributed by atoms with Crippen molar-refractivity contribution >= 4 is 25.5 Å². The second-order valence-electron chi connectivity index (χ2n) is 4.62. The lowest BCUT2D eigenvalue weighted by Crippen LogP contribution is -2.09. The van der Waals surface area contributed by atoms with Crippen molar-refractivity contribution in [2.24, 2.45) is 0 Å². The number of sulfonamides is 1. The molecule has 1 aromatic carbocycles. The van der Waals surface area contributed by atoms with Gasteiger partial charge in [-0.2, -0.15) is 0 Å². The first-order valence-electron chi connectivity index (χ1n) is 6.36. The molecule has 0 radical (unpaired) electrons. The Morgan fingerprint density at radius 2 is 1.77 bits per heavy atom. The van der Waals surface area contributed by atoms with Gasteiger partial charge in [0, 0.05) is 11.3 Å². The summed E-state index contributed by atoms with van der Waals surface area (Å²) in [6.45, 7) is 1.53. The van der Waals surface area contributed by atoms with Gasteiger partial charge >= 0.3 is 0 Å². The summed E-state index contributed by atoms with van der Waals surface area (Å²) in [7, 11) is -6.77. The van der Waals surface area contributed by atoms with Crippen LogP contribution in [-0.4, -0.2) is 39.0 Å². The van der Waals surface area contributed by atoms with Crippen LogP contribution in [0.2, 0.25) is 0 Å². The monoisotopic (exact) mass is 341 g/mol. The minimum absolute atomic E-state index is 0.0468. The maximum absolute atomic E-state index is 11.7. The van der Waals surface area contributed by atoms with Crippen molar-refractivity contribution in [3.05, 3.63) is 36.4 Å². The number of hydrogen-bond donors (Lipinski definition) is 1. The fraction of sp³-hybridized carbons (Fsp3) is 0.231. The molecule has 2 rings (SSSR count). The molecule has 0 amide bonds. The molecule has 1 aromatic heterocycles. The number of nitrogens with zero attached hydrogens (tertiary/aromatic N) is 2. The van der Waals surface area contributed by atoms with E-state index in [2.05, 4.69) is 14.9 Å². The predicted octanol–water partition coefficient (Wildman–Crippen LogP) is 1.31. The van der Waals surface area contributed by atoms with Crippen LogP contribution in [0, 0.1) is 0 Å². The number of rotatable bonds is 5. The van der Waals surface area contributed by atoms with Gasteiger partial charge in [-0.25, -0.2) is 16.8 Å². The van der Waals surface area contributed by atoms with Crippen LogP contribution in [0.3, 0.4) is 0 Å². The Morgan fingerprint density at radius 3 is 2.32 bits per heavy atom. The summed E-state index contributed by atoms with van der Waals surface area (Å²) in [5.41, 5.74) is 1.47. The van der Waals surface area contributed by atoms with E-state index in [4.69, 9.17) is 0 Å². The third-order valence-electron chi connectivity index (χ3n) is 2.80. The number of anilines is 1. The summed E-state index contributed by atoms with van der Waals surface area (Å²) in [4.78, 5) is 0. The van der Waals surface area contributed by atoms with E-state index in [1.54, 1.807) is 24.3 Å². The highest BCUT2D eigenvalue weighted by atomic mass is 32.2. The van der Waals surface area contributed by atoms with Gasteiger partial charge in [-0.05, 0) is 24.3 Å². The highest BCUT2D eigenvalue weighted by molar-refractivity contribution is 7.92. The zero-order chi connectivity index (χ0) is 16.4. The molecule has 1 heterocycles. The summed E-state index contributed by atoms with van der Waals surface area (Å²) < 4.78 is 48.2. The Morgan fingerprint density at radius 1 is 1.05 bits per heavy atom. The van der Waals surface area contributed by atoms with Gasteiger partial charge in [0.2, 0.25) is 10.0 Å². The Kier molecular flexibility index (Phi) is 4.47. The third kappa shape index (κ3) is 4.01. The Bertz CT molecular complexity index is 876. The molecule has 7 nitrogen and oxygen atoms in total. The predicted molar refractivity (Wildman–Crippen MR) is 83.7 cm³/mol. The maximum Gasteiger partial charge on any atom is 0.229 e. The highest BCUT2D eigenvalue weighted by Crippen LogP contribution is 2.21. The van der Waals surface area contributed by atoms with E-state index in [9.17, 15) is 16.8 Å². The number of nitrogens with one attached hydrogen (secondary N) is 1. The van der Waals surface area contributed by atoms with Crippen LogP contribution in [0.4, 0.5) is 5.69 Å². The Hall–Kier alpha value is -2.00. The van der Waals surface area contributed by atoms with E-state index < -0.39 is 19.9 Å². The van der Waals surface area contributed by atoms with Crippen molar-refractivity contribution in [1.29, 1.82) is 0 Å². The summed E-state index contributed by atoms with van der Waals surface area (Å²) in [5, 5.41) is 7.54. The van der Waals surface area contributed by atoms with E-state index in [1.165, 1.54) is 19.1 Å². The molecule has 2 aromatic rings.